The van der Waals surface area contributed by atoms with Gasteiger partial charge in [-0.1, -0.05) is 30.7 Å². The molecule has 3 rings (SSSR count). The second-order valence-electron chi connectivity index (χ2n) is 7.23. The second-order valence-corrected chi connectivity index (χ2v) is 7.67. The van der Waals surface area contributed by atoms with Crippen molar-refractivity contribution in [3.63, 3.8) is 0 Å². The molecule has 1 saturated carbocycles. The SMILES string of the molecule is CC[C@@]1(C(=O)c2ccc(Cl)cc2)[C@H](c2ccc([N+](=O)[O-])cc2)C1(C(=O)OC)C(=O)OC. The predicted octanol–water partition coefficient (Wildman–Crippen LogP) is 3.96. The van der Waals surface area contributed by atoms with Crippen LogP contribution >= 0.6 is 11.6 Å². The normalized spacial score (nSPS) is 21.1. The molecule has 0 unspecified atom stereocenters. The number of carbonyl (C=O) groups excluding carboxylic acids is 3. The highest BCUT2D eigenvalue weighted by Gasteiger charge is 2.88. The number of benzene rings is 2. The summed E-state index contributed by atoms with van der Waals surface area (Å²) in [6.45, 7) is 1.69. The van der Waals surface area contributed by atoms with Crippen LogP contribution in [-0.4, -0.2) is 36.9 Å². The average molecular weight is 446 g/mol. The molecule has 2 aromatic rings. The number of nitro groups is 1. The first-order valence-corrected chi connectivity index (χ1v) is 9.81. The summed E-state index contributed by atoms with van der Waals surface area (Å²) in [7, 11) is 2.26. The van der Waals surface area contributed by atoms with Gasteiger partial charge in [-0.05, 0) is 36.2 Å². The number of ketones is 1. The Morgan fingerprint density at radius 3 is 1.94 bits per heavy atom. The molecule has 2 atom stereocenters. The molecule has 0 saturated heterocycles. The summed E-state index contributed by atoms with van der Waals surface area (Å²) in [6, 6.07) is 11.5. The maximum atomic E-state index is 13.7. The van der Waals surface area contributed by atoms with E-state index in [0.29, 0.717) is 10.6 Å². The molecule has 0 aliphatic heterocycles. The highest BCUT2D eigenvalue weighted by Crippen LogP contribution is 2.77. The topological polar surface area (TPSA) is 113 Å². The van der Waals surface area contributed by atoms with Crippen molar-refractivity contribution in [2.24, 2.45) is 10.8 Å². The van der Waals surface area contributed by atoms with Crippen LogP contribution in [0.15, 0.2) is 48.5 Å². The second kappa shape index (κ2) is 8.11. The molecule has 1 fully saturated rings. The number of nitro benzene ring substituents is 1. The van der Waals surface area contributed by atoms with Crippen LogP contribution in [0, 0.1) is 20.9 Å². The Balaban J connectivity index is 2.24. The molecule has 1 aliphatic rings. The molecule has 9 heteroatoms. The highest BCUT2D eigenvalue weighted by atomic mass is 35.5. The Hall–Kier alpha value is -3.26. The Morgan fingerprint density at radius 2 is 1.52 bits per heavy atom. The van der Waals surface area contributed by atoms with Gasteiger partial charge < -0.3 is 9.47 Å². The quantitative estimate of drug-likeness (QED) is 0.208. The van der Waals surface area contributed by atoms with Crippen LogP contribution in [0.25, 0.3) is 0 Å². The fourth-order valence-electron chi connectivity index (χ4n) is 4.68. The van der Waals surface area contributed by atoms with Crippen molar-refractivity contribution in [3.05, 3.63) is 74.8 Å². The van der Waals surface area contributed by atoms with Crippen molar-refractivity contribution in [2.45, 2.75) is 19.3 Å². The summed E-state index contributed by atoms with van der Waals surface area (Å²) >= 11 is 5.93. The largest absolute Gasteiger partial charge is 0.468 e. The zero-order chi connectivity index (χ0) is 23.0. The summed E-state index contributed by atoms with van der Waals surface area (Å²) in [5.41, 5.74) is -2.87. The Morgan fingerprint density at radius 1 is 1.00 bits per heavy atom. The van der Waals surface area contributed by atoms with Crippen LogP contribution in [0.5, 0.6) is 0 Å². The van der Waals surface area contributed by atoms with E-state index in [0.717, 1.165) is 14.2 Å². The van der Waals surface area contributed by atoms with Gasteiger partial charge in [0, 0.05) is 28.6 Å². The Kier molecular flexibility index (Phi) is 5.87. The number of halogens is 1. The molecule has 0 spiro atoms. The van der Waals surface area contributed by atoms with Crippen molar-refractivity contribution in [1.82, 2.24) is 0 Å². The number of hydrogen-bond acceptors (Lipinski definition) is 7. The van der Waals surface area contributed by atoms with Crippen molar-refractivity contribution in [2.75, 3.05) is 14.2 Å². The molecule has 0 bridgehead atoms. The average Bonchev–Trinajstić information content (AvgIpc) is 3.43. The zero-order valence-corrected chi connectivity index (χ0v) is 17.8. The molecule has 0 heterocycles. The minimum atomic E-state index is -1.92. The summed E-state index contributed by atoms with van der Waals surface area (Å²) < 4.78 is 9.91. The van der Waals surface area contributed by atoms with E-state index in [2.05, 4.69) is 0 Å². The molecular weight excluding hydrogens is 426 g/mol. The molecule has 162 valence electrons. The fraction of sp³-hybridized carbons (Fsp3) is 0.318. The lowest BCUT2D eigenvalue weighted by Crippen LogP contribution is -2.37. The van der Waals surface area contributed by atoms with E-state index in [1.165, 1.54) is 36.4 Å². The van der Waals surface area contributed by atoms with E-state index >= 15 is 0 Å². The zero-order valence-electron chi connectivity index (χ0n) is 17.1. The summed E-state index contributed by atoms with van der Waals surface area (Å²) in [5.74, 6) is -3.15. The third kappa shape index (κ3) is 3.09. The lowest BCUT2D eigenvalue weighted by molar-refractivity contribution is -0.384. The van der Waals surface area contributed by atoms with Gasteiger partial charge in [0.15, 0.2) is 11.2 Å². The van der Waals surface area contributed by atoms with Crippen molar-refractivity contribution < 1.29 is 28.8 Å². The van der Waals surface area contributed by atoms with Gasteiger partial charge in [0.1, 0.15) is 0 Å². The maximum absolute atomic E-state index is 13.7. The number of nitrogens with zero attached hydrogens (tertiary/aromatic N) is 1. The van der Waals surface area contributed by atoms with Crippen molar-refractivity contribution in [1.29, 1.82) is 0 Å². The fourth-order valence-corrected chi connectivity index (χ4v) is 4.80. The standard InChI is InChI=1S/C22H20ClNO7/c1-4-21(18(25)14-5-9-15(23)10-6-14)17(13-7-11-16(12-8-13)24(28)29)22(21,19(26)30-2)20(27)31-3/h5-12,17H,4H2,1-3H3/t17-,21-/m0/s1. The molecule has 0 amide bonds. The molecule has 2 aromatic carbocycles. The molecule has 0 radical (unpaired) electrons. The maximum Gasteiger partial charge on any atom is 0.324 e. The number of rotatable bonds is 7. The first-order chi connectivity index (χ1) is 14.7. The van der Waals surface area contributed by atoms with Crippen LogP contribution in [0.4, 0.5) is 5.69 Å². The predicted molar refractivity (Wildman–Crippen MR) is 111 cm³/mol. The number of ether oxygens (including phenoxy) is 2. The smallest absolute Gasteiger partial charge is 0.324 e. The van der Waals surface area contributed by atoms with Crippen LogP contribution in [0.2, 0.25) is 5.02 Å². The third-order valence-electron chi connectivity index (χ3n) is 6.07. The van der Waals surface area contributed by atoms with Crippen molar-refractivity contribution in [3.8, 4) is 0 Å². The molecule has 8 nitrogen and oxygen atoms in total. The number of hydrogen-bond donors (Lipinski definition) is 0. The van der Waals surface area contributed by atoms with Gasteiger partial charge in [-0.2, -0.15) is 0 Å². The lowest BCUT2D eigenvalue weighted by Gasteiger charge is -2.20. The van der Waals surface area contributed by atoms with Gasteiger partial charge in [0.2, 0.25) is 0 Å². The Labute approximate surface area is 183 Å². The van der Waals surface area contributed by atoms with E-state index in [9.17, 15) is 24.5 Å². The van der Waals surface area contributed by atoms with Crippen LogP contribution in [0.3, 0.4) is 0 Å². The molecule has 0 N–H and O–H groups in total. The molecular formula is C22H20ClNO7. The van der Waals surface area contributed by atoms with Gasteiger partial charge in [-0.15, -0.1) is 0 Å². The van der Waals surface area contributed by atoms with Crippen LogP contribution in [-0.2, 0) is 19.1 Å². The van der Waals surface area contributed by atoms with Gasteiger partial charge >= 0.3 is 11.9 Å². The van der Waals surface area contributed by atoms with E-state index < -0.39 is 39.4 Å². The summed E-state index contributed by atoms with van der Waals surface area (Å²) in [5, 5.41) is 11.5. The lowest BCUT2D eigenvalue weighted by atomic mass is 9.83. The summed E-state index contributed by atoms with van der Waals surface area (Å²) in [6.07, 6.45) is 0.125. The molecule has 31 heavy (non-hydrogen) atoms. The number of carbonyl (C=O) groups is 3. The number of esters is 2. The van der Waals surface area contributed by atoms with Crippen LogP contribution in [0.1, 0.15) is 35.2 Å². The van der Waals surface area contributed by atoms with Gasteiger partial charge in [0.05, 0.1) is 24.6 Å². The van der Waals surface area contributed by atoms with E-state index in [1.807, 2.05) is 0 Å². The molecule has 0 aromatic heterocycles. The highest BCUT2D eigenvalue weighted by molar-refractivity contribution is 6.30. The van der Waals surface area contributed by atoms with Gasteiger partial charge in [0.25, 0.3) is 5.69 Å². The van der Waals surface area contributed by atoms with Crippen molar-refractivity contribution >= 4 is 35.0 Å². The van der Waals surface area contributed by atoms with E-state index in [-0.39, 0.29) is 17.7 Å². The molecule has 1 aliphatic carbocycles. The number of methoxy groups -OCH3 is 2. The van der Waals surface area contributed by atoms with Gasteiger partial charge in [-0.3, -0.25) is 24.5 Å². The minimum absolute atomic E-state index is 0.125. The first-order valence-electron chi connectivity index (χ1n) is 9.43. The monoisotopic (exact) mass is 445 g/mol. The summed E-state index contributed by atoms with van der Waals surface area (Å²) in [4.78, 5) is 50.2. The van der Waals surface area contributed by atoms with Crippen LogP contribution < -0.4 is 0 Å². The first kappa shape index (κ1) is 22.4. The minimum Gasteiger partial charge on any atom is -0.468 e. The Bertz CT molecular complexity index is 1030. The van der Waals surface area contributed by atoms with E-state index in [1.54, 1.807) is 19.1 Å². The number of Topliss-reactive ketones (excluding diaryl/α,β-unsaturated/α-hetero) is 1. The third-order valence-corrected chi connectivity index (χ3v) is 6.32. The number of non-ortho nitro benzene ring substituents is 1. The van der Waals surface area contributed by atoms with Gasteiger partial charge in [-0.25, -0.2) is 0 Å². The van der Waals surface area contributed by atoms with E-state index in [4.69, 9.17) is 21.1 Å².